The molecule has 3 N–H and O–H groups in total. The van der Waals surface area contributed by atoms with Crippen LogP contribution in [0.15, 0.2) is 52.1 Å². The summed E-state index contributed by atoms with van der Waals surface area (Å²) in [5, 5.41) is 17.3. The first-order chi connectivity index (χ1) is 13.5. The number of nitrogens with zero attached hydrogens (tertiary/aromatic N) is 2. The number of benzene rings is 1. The van der Waals surface area contributed by atoms with Crippen LogP contribution >= 0.6 is 0 Å². The minimum Gasteiger partial charge on any atom is -0.466 e. The molecule has 2 heterocycles. The highest BCUT2D eigenvalue weighted by Crippen LogP contribution is 2.22. The number of nitrogens with one attached hydrogen (secondary N) is 2. The fourth-order valence-corrected chi connectivity index (χ4v) is 3.41. The van der Waals surface area contributed by atoms with E-state index in [0.29, 0.717) is 11.7 Å². The van der Waals surface area contributed by atoms with E-state index in [4.69, 9.17) is 4.42 Å². The monoisotopic (exact) mass is 388 g/mol. The molecule has 28 heavy (non-hydrogen) atoms. The van der Waals surface area contributed by atoms with Gasteiger partial charge < -0.3 is 25.1 Å². The van der Waals surface area contributed by atoms with Gasteiger partial charge >= 0.3 is 0 Å². The SMILES string of the molecule is CCNC(=NCC(C)(O)c1ccco1)NC1CCCN(c2cccc(F)c2)C1. The van der Waals surface area contributed by atoms with Crippen LogP contribution in [-0.4, -0.2) is 43.3 Å². The van der Waals surface area contributed by atoms with Gasteiger partial charge in [-0.15, -0.1) is 0 Å². The normalized spacial score (nSPS) is 19.9. The topological polar surface area (TPSA) is 73.0 Å². The summed E-state index contributed by atoms with van der Waals surface area (Å²) in [5.74, 6) is 0.921. The van der Waals surface area contributed by atoms with Crippen molar-refractivity contribution in [3.8, 4) is 0 Å². The van der Waals surface area contributed by atoms with Crippen LogP contribution < -0.4 is 15.5 Å². The van der Waals surface area contributed by atoms with Crippen molar-refractivity contribution >= 4 is 11.6 Å². The van der Waals surface area contributed by atoms with Crippen molar-refractivity contribution in [2.75, 3.05) is 31.1 Å². The summed E-state index contributed by atoms with van der Waals surface area (Å²) in [6, 6.07) is 10.4. The molecule has 1 saturated heterocycles. The lowest BCUT2D eigenvalue weighted by atomic mass is 10.0. The fraction of sp³-hybridized carbons (Fsp3) is 0.476. The minimum atomic E-state index is -1.17. The first-order valence-electron chi connectivity index (χ1n) is 9.79. The van der Waals surface area contributed by atoms with Crippen molar-refractivity contribution in [3.63, 3.8) is 0 Å². The van der Waals surface area contributed by atoms with Crippen LogP contribution in [0.25, 0.3) is 0 Å². The number of halogens is 1. The molecule has 1 fully saturated rings. The van der Waals surface area contributed by atoms with Gasteiger partial charge in [0, 0.05) is 31.4 Å². The van der Waals surface area contributed by atoms with Crippen LogP contribution in [0.1, 0.15) is 32.4 Å². The van der Waals surface area contributed by atoms with Gasteiger partial charge in [0.2, 0.25) is 0 Å². The zero-order valence-electron chi connectivity index (χ0n) is 16.5. The van der Waals surface area contributed by atoms with E-state index in [-0.39, 0.29) is 18.4 Å². The van der Waals surface area contributed by atoms with E-state index in [0.717, 1.165) is 38.2 Å². The number of furan rings is 1. The summed E-state index contributed by atoms with van der Waals surface area (Å²) in [6.07, 6.45) is 3.56. The number of aliphatic imine (C=N–C) groups is 1. The van der Waals surface area contributed by atoms with E-state index in [1.165, 1.54) is 6.07 Å². The van der Waals surface area contributed by atoms with Crippen molar-refractivity contribution in [2.24, 2.45) is 4.99 Å². The summed E-state index contributed by atoms with van der Waals surface area (Å²) in [7, 11) is 0. The molecule has 6 nitrogen and oxygen atoms in total. The lowest BCUT2D eigenvalue weighted by Crippen LogP contribution is -2.51. The average Bonchev–Trinajstić information content (AvgIpc) is 3.23. The molecule has 1 aromatic carbocycles. The van der Waals surface area contributed by atoms with E-state index in [2.05, 4.69) is 20.5 Å². The van der Waals surface area contributed by atoms with Gasteiger partial charge in [0.15, 0.2) is 5.96 Å². The summed E-state index contributed by atoms with van der Waals surface area (Å²) in [4.78, 5) is 6.74. The standard InChI is InChI=1S/C21H29FN4O2/c1-3-23-20(24-15-21(2,27)19-10-6-12-28-19)25-17-8-5-11-26(14-17)18-9-4-7-16(22)13-18/h4,6-7,9-10,12-13,17,27H,3,5,8,11,14-15H2,1-2H3,(H2,23,24,25). The maximum atomic E-state index is 13.6. The molecule has 0 amide bonds. The highest BCUT2D eigenvalue weighted by molar-refractivity contribution is 5.80. The largest absolute Gasteiger partial charge is 0.466 e. The third-order valence-electron chi connectivity index (χ3n) is 4.88. The zero-order valence-corrected chi connectivity index (χ0v) is 16.5. The van der Waals surface area contributed by atoms with E-state index in [1.54, 1.807) is 37.5 Å². The number of hydrogen-bond donors (Lipinski definition) is 3. The van der Waals surface area contributed by atoms with Crippen LogP contribution in [0.5, 0.6) is 0 Å². The third kappa shape index (κ3) is 5.25. The van der Waals surface area contributed by atoms with Gasteiger partial charge in [-0.05, 0) is 57.0 Å². The second-order valence-electron chi connectivity index (χ2n) is 7.36. The molecule has 0 spiro atoms. The predicted molar refractivity (Wildman–Crippen MR) is 109 cm³/mol. The maximum absolute atomic E-state index is 13.6. The number of piperidine rings is 1. The number of hydrogen-bond acceptors (Lipinski definition) is 4. The Hall–Kier alpha value is -2.54. The molecule has 2 atom stereocenters. The molecule has 152 valence electrons. The van der Waals surface area contributed by atoms with Crippen molar-refractivity contribution < 1.29 is 13.9 Å². The first-order valence-corrected chi connectivity index (χ1v) is 9.79. The second-order valence-corrected chi connectivity index (χ2v) is 7.36. The lowest BCUT2D eigenvalue weighted by molar-refractivity contribution is 0.0436. The molecular formula is C21H29FN4O2. The first kappa shape index (κ1) is 20.2. The molecule has 0 aliphatic carbocycles. The Balaban J connectivity index is 1.64. The highest BCUT2D eigenvalue weighted by Gasteiger charge is 2.27. The number of rotatable bonds is 6. The molecule has 0 bridgehead atoms. The Morgan fingerprint density at radius 2 is 2.25 bits per heavy atom. The molecule has 0 radical (unpaired) electrons. The summed E-state index contributed by atoms with van der Waals surface area (Å²) >= 11 is 0. The Morgan fingerprint density at radius 3 is 2.96 bits per heavy atom. The van der Waals surface area contributed by atoms with Crippen LogP contribution in [0.2, 0.25) is 0 Å². The molecule has 7 heteroatoms. The van der Waals surface area contributed by atoms with Gasteiger partial charge in [-0.1, -0.05) is 6.07 Å². The van der Waals surface area contributed by atoms with Crippen LogP contribution in [0.4, 0.5) is 10.1 Å². The van der Waals surface area contributed by atoms with Crippen molar-refractivity contribution in [1.29, 1.82) is 0 Å². The van der Waals surface area contributed by atoms with E-state index < -0.39 is 5.60 Å². The molecule has 1 aromatic heterocycles. The average molecular weight is 388 g/mol. The van der Waals surface area contributed by atoms with Gasteiger partial charge in [-0.2, -0.15) is 0 Å². The van der Waals surface area contributed by atoms with Crippen LogP contribution in [0.3, 0.4) is 0 Å². The number of anilines is 1. The van der Waals surface area contributed by atoms with Gasteiger partial charge in [0.25, 0.3) is 0 Å². The summed E-state index contributed by atoms with van der Waals surface area (Å²) in [6.45, 7) is 6.25. The quantitative estimate of drug-likeness (QED) is 0.524. The van der Waals surface area contributed by atoms with Crippen LogP contribution in [-0.2, 0) is 5.60 Å². The van der Waals surface area contributed by atoms with E-state index in [1.807, 2.05) is 13.0 Å². The van der Waals surface area contributed by atoms with Gasteiger partial charge in [-0.3, -0.25) is 0 Å². The molecule has 1 aliphatic heterocycles. The lowest BCUT2D eigenvalue weighted by Gasteiger charge is -2.35. The second kappa shape index (κ2) is 9.10. The number of aliphatic hydroxyl groups is 1. The fourth-order valence-electron chi connectivity index (χ4n) is 3.41. The van der Waals surface area contributed by atoms with Crippen molar-refractivity contribution in [2.45, 2.75) is 38.3 Å². The Morgan fingerprint density at radius 1 is 1.39 bits per heavy atom. The molecule has 2 unspecified atom stereocenters. The highest BCUT2D eigenvalue weighted by atomic mass is 19.1. The van der Waals surface area contributed by atoms with E-state index >= 15 is 0 Å². The minimum absolute atomic E-state index is 0.177. The van der Waals surface area contributed by atoms with E-state index in [9.17, 15) is 9.50 Å². The smallest absolute Gasteiger partial charge is 0.191 e. The predicted octanol–water partition coefficient (Wildman–Crippen LogP) is 2.85. The molecule has 3 rings (SSSR count). The number of guanidine groups is 1. The van der Waals surface area contributed by atoms with Crippen molar-refractivity contribution in [1.82, 2.24) is 10.6 Å². The zero-order chi connectivity index (χ0) is 20.0. The molecule has 1 aliphatic rings. The van der Waals surface area contributed by atoms with Gasteiger partial charge in [-0.25, -0.2) is 9.38 Å². The van der Waals surface area contributed by atoms with Gasteiger partial charge in [0.05, 0.1) is 12.8 Å². The Labute approximate surface area is 165 Å². The Bertz CT molecular complexity index is 776. The summed E-state index contributed by atoms with van der Waals surface area (Å²) < 4.78 is 18.9. The van der Waals surface area contributed by atoms with Gasteiger partial charge in [0.1, 0.15) is 17.2 Å². The van der Waals surface area contributed by atoms with Crippen molar-refractivity contribution in [3.05, 3.63) is 54.2 Å². The molecule has 0 saturated carbocycles. The Kier molecular flexibility index (Phi) is 6.57. The van der Waals surface area contributed by atoms with Crippen LogP contribution in [0, 0.1) is 5.82 Å². The summed E-state index contributed by atoms with van der Waals surface area (Å²) in [5.41, 5.74) is -0.277. The maximum Gasteiger partial charge on any atom is 0.191 e. The third-order valence-corrected chi connectivity index (χ3v) is 4.88. The molecule has 2 aromatic rings. The molecular weight excluding hydrogens is 359 g/mol.